The molecule has 2 aromatic rings. The highest BCUT2D eigenvalue weighted by Gasteiger charge is 2.27. The summed E-state index contributed by atoms with van der Waals surface area (Å²) in [5.41, 5.74) is 1.45. The Labute approximate surface area is 171 Å². The van der Waals surface area contributed by atoms with E-state index in [2.05, 4.69) is 10.0 Å². The number of anilines is 1. The molecular weight excluding hydrogens is 423 g/mol. The van der Waals surface area contributed by atoms with Gasteiger partial charge in [-0.05, 0) is 49.2 Å². The summed E-state index contributed by atoms with van der Waals surface area (Å²) in [5, 5.41) is 3.81. The predicted molar refractivity (Wildman–Crippen MR) is 105 cm³/mol. The third-order valence-electron chi connectivity index (χ3n) is 3.91. The lowest BCUT2D eigenvalue weighted by molar-refractivity contribution is -0.137. The normalized spacial score (nSPS) is 11.6. The van der Waals surface area contributed by atoms with Crippen molar-refractivity contribution in [3.8, 4) is 0 Å². The van der Waals surface area contributed by atoms with Crippen molar-refractivity contribution in [2.45, 2.75) is 24.9 Å². The van der Waals surface area contributed by atoms with Crippen LogP contribution < -0.4 is 15.4 Å². The first-order valence-electron chi connectivity index (χ1n) is 8.69. The molecule has 11 heteroatoms. The molecule has 0 atom stereocenters. The Kier molecular flexibility index (Phi) is 7.08. The second-order valence-electron chi connectivity index (χ2n) is 6.53. The fourth-order valence-electron chi connectivity index (χ4n) is 2.45. The lowest BCUT2D eigenvalue weighted by Crippen LogP contribution is -2.40. The summed E-state index contributed by atoms with van der Waals surface area (Å²) < 4.78 is 63.9. The van der Waals surface area contributed by atoms with E-state index in [0.717, 1.165) is 5.56 Å². The molecule has 0 aromatic heterocycles. The van der Waals surface area contributed by atoms with E-state index in [0.29, 0.717) is 5.56 Å². The highest BCUT2D eigenvalue weighted by Crippen LogP contribution is 2.21. The molecular formula is C19H20F3N3O4S. The summed E-state index contributed by atoms with van der Waals surface area (Å²) in [6.07, 6.45) is -4.55. The monoisotopic (exact) mass is 443 g/mol. The number of alkyl halides is 3. The maximum absolute atomic E-state index is 12.7. The standard InChI is InChI=1S/C19H20F3N3O4S/c1-12-6-7-13(2)16(8-12)30(28,29)25-15-5-3-4-14(9-15)18(27)23-10-17(26)24-11-19(20,21)22/h3-9,25H,10-11H2,1-2H3,(H,23,27)(H,24,26). The lowest BCUT2D eigenvalue weighted by atomic mass is 10.2. The van der Waals surface area contributed by atoms with Crippen LogP contribution in [-0.4, -0.2) is 39.5 Å². The zero-order valence-electron chi connectivity index (χ0n) is 16.1. The van der Waals surface area contributed by atoms with Gasteiger partial charge in [-0.15, -0.1) is 0 Å². The molecule has 0 unspecified atom stereocenters. The predicted octanol–water partition coefficient (Wildman–Crippen LogP) is 2.51. The van der Waals surface area contributed by atoms with Crippen molar-refractivity contribution in [3.63, 3.8) is 0 Å². The first kappa shape index (κ1) is 23.2. The number of hydrogen-bond donors (Lipinski definition) is 3. The van der Waals surface area contributed by atoms with Crippen molar-refractivity contribution in [2.24, 2.45) is 0 Å². The molecule has 2 amide bonds. The highest BCUT2D eigenvalue weighted by atomic mass is 32.2. The summed E-state index contributed by atoms with van der Waals surface area (Å²) >= 11 is 0. The summed E-state index contributed by atoms with van der Waals surface area (Å²) in [6.45, 7) is 1.25. The topological polar surface area (TPSA) is 104 Å². The van der Waals surface area contributed by atoms with E-state index in [1.165, 1.54) is 30.3 Å². The van der Waals surface area contributed by atoms with E-state index in [1.807, 2.05) is 0 Å². The minimum absolute atomic E-state index is 0.0276. The van der Waals surface area contributed by atoms with E-state index < -0.39 is 41.1 Å². The van der Waals surface area contributed by atoms with Gasteiger partial charge in [0.25, 0.3) is 15.9 Å². The van der Waals surface area contributed by atoms with Crippen LogP contribution in [0.2, 0.25) is 0 Å². The Morgan fingerprint density at radius 1 is 1.00 bits per heavy atom. The van der Waals surface area contributed by atoms with Gasteiger partial charge in [-0.2, -0.15) is 13.2 Å². The minimum Gasteiger partial charge on any atom is -0.345 e. The van der Waals surface area contributed by atoms with Crippen molar-refractivity contribution in [2.75, 3.05) is 17.8 Å². The Balaban J connectivity index is 2.06. The first-order valence-corrected chi connectivity index (χ1v) is 10.2. The largest absolute Gasteiger partial charge is 0.405 e. The molecule has 30 heavy (non-hydrogen) atoms. The third-order valence-corrected chi connectivity index (χ3v) is 5.43. The number of benzene rings is 2. The van der Waals surface area contributed by atoms with Crippen LogP contribution in [0.25, 0.3) is 0 Å². The molecule has 2 aromatic carbocycles. The first-order chi connectivity index (χ1) is 13.9. The molecule has 0 spiro atoms. The molecule has 0 aliphatic heterocycles. The van der Waals surface area contributed by atoms with Crippen molar-refractivity contribution < 1.29 is 31.2 Å². The second-order valence-corrected chi connectivity index (χ2v) is 8.18. The number of sulfonamides is 1. The minimum atomic E-state index is -4.55. The maximum atomic E-state index is 12.7. The van der Waals surface area contributed by atoms with Crippen LogP contribution in [0.5, 0.6) is 0 Å². The zero-order chi connectivity index (χ0) is 22.5. The number of nitrogens with one attached hydrogen (secondary N) is 3. The highest BCUT2D eigenvalue weighted by molar-refractivity contribution is 7.92. The van der Waals surface area contributed by atoms with Crippen LogP contribution in [-0.2, 0) is 14.8 Å². The van der Waals surface area contributed by atoms with Gasteiger partial charge in [0, 0.05) is 11.3 Å². The number of rotatable bonds is 7. The lowest BCUT2D eigenvalue weighted by Gasteiger charge is -2.12. The van der Waals surface area contributed by atoms with Crippen molar-refractivity contribution >= 4 is 27.5 Å². The van der Waals surface area contributed by atoms with E-state index >= 15 is 0 Å². The van der Waals surface area contributed by atoms with E-state index in [4.69, 9.17) is 0 Å². The van der Waals surface area contributed by atoms with Crippen LogP contribution in [0.4, 0.5) is 18.9 Å². The molecule has 7 nitrogen and oxygen atoms in total. The molecule has 0 bridgehead atoms. The van der Waals surface area contributed by atoms with Crippen LogP contribution in [0.1, 0.15) is 21.5 Å². The molecule has 2 rings (SSSR count). The van der Waals surface area contributed by atoms with E-state index in [-0.39, 0.29) is 16.1 Å². The van der Waals surface area contributed by atoms with Crippen molar-refractivity contribution in [1.82, 2.24) is 10.6 Å². The molecule has 0 radical (unpaired) electrons. The van der Waals surface area contributed by atoms with E-state index in [9.17, 15) is 31.2 Å². The molecule has 0 saturated carbocycles. The SMILES string of the molecule is Cc1ccc(C)c(S(=O)(=O)Nc2cccc(C(=O)NCC(=O)NCC(F)(F)F)c2)c1. The molecule has 0 aliphatic rings. The number of hydrogen-bond acceptors (Lipinski definition) is 4. The number of carbonyl (C=O) groups excluding carboxylic acids is 2. The number of halogens is 3. The summed E-state index contributed by atoms with van der Waals surface area (Å²) in [7, 11) is -3.91. The Bertz CT molecular complexity index is 1050. The summed E-state index contributed by atoms with van der Waals surface area (Å²) in [5.74, 6) is -1.75. The van der Waals surface area contributed by atoms with Crippen LogP contribution in [0, 0.1) is 13.8 Å². The molecule has 0 heterocycles. The van der Waals surface area contributed by atoms with Gasteiger partial charge >= 0.3 is 6.18 Å². The Morgan fingerprint density at radius 2 is 1.70 bits per heavy atom. The quantitative estimate of drug-likeness (QED) is 0.612. The average Bonchev–Trinajstić information content (AvgIpc) is 2.65. The Hall–Kier alpha value is -3.08. The van der Waals surface area contributed by atoms with Gasteiger partial charge in [0.1, 0.15) is 6.54 Å². The molecule has 0 aliphatic carbocycles. The molecule has 162 valence electrons. The van der Waals surface area contributed by atoms with Crippen LogP contribution >= 0.6 is 0 Å². The number of carbonyl (C=O) groups is 2. The van der Waals surface area contributed by atoms with Gasteiger partial charge in [0.2, 0.25) is 5.91 Å². The number of aryl methyl sites for hydroxylation is 2. The van der Waals surface area contributed by atoms with Crippen LogP contribution in [0.3, 0.4) is 0 Å². The van der Waals surface area contributed by atoms with Crippen molar-refractivity contribution in [3.05, 3.63) is 59.2 Å². The van der Waals surface area contributed by atoms with Gasteiger partial charge in [-0.1, -0.05) is 18.2 Å². The smallest absolute Gasteiger partial charge is 0.345 e. The molecule has 3 N–H and O–H groups in total. The van der Waals surface area contributed by atoms with Gasteiger partial charge in [-0.3, -0.25) is 14.3 Å². The Morgan fingerprint density at radius 3 is 2.37 bits per heavy atom. The van der Waals surface area contributed by atoms with Gasteiger partial charge in [0.15, 0.2) is 0 Å². The summed E-state index contributed by atoms with van der Waals surface area (Å²) in [4.78, 5) is 23.6. The van der Waals surface area contributed by atoms with Crippen LogP contribution in [0.15, 0.2) is 47.4 Å². The maximum Gasteiger partial charge on any atom is 0.405 e. The average molecular weight is 443 g/mol. The summed E-state index contributed by atoms with van der Waals surface area (Å²) in [6, 6.07) is 10.5. The third kappa shape index (κ3) is 6.76. The molecule has 0 saturated heterocycles. The van der Waals surface area contributed by atoms with Gasteiger partial charge in [-0.25, -0.2) is 8.42 Å². The van der Waals surface area contributed by atoms with Gasteiger partial charge in [0.05, 0.1) is 11.4 Å². The van der Waals surface area contributed by atoms with Gasteiger partial charge < -0.3 is 10.6 Å². The second kappa shape index (κ2) is 9.16. The molecule has 0 fully saturated rings. The number of amides is 2. The zero-order valence-corrected chi connectivity index (χ0v) is 16.9. The van der Waals surface area contributed by atoms with Crippen molar-refractivity contribution in [1.29, 1.82) is 0 Å². The van der Waals surface area contributed by atoms with E-state index in [1.54, 1.807) is 31.3 Å². The fraction of sp³-hybridized carbons (Fsp3) is 0.263. The fourth-order valence-corrected chi connectivity index (χ4v) is 3.83.